The van der Waals surface area contributed by atoms with Crippen LogP contribution >= 0.6 is 0 Å². The van der Waals surface area contributed by atoms with Gasteiger partial charge in [-0.1, -0.05) is 0 Å². The third-order valence-electron chi connectivity index (χ3n) is 4.27. The molecule has 1 atom stereocenters. The van der Waals surface area contributed by atoms with Gasteiger partial charge >= 0.3 is 0 Å². The zero-order valence-corrected chi connectivity index (χ0v) is 10.5. The van der Waals surface area contributed by atoms with E-state index >= 15 is 0 Å². The molecule has 1 saturated carbocycles. The zero-order valence-electron chi connectivity index (χ0n) is 10.5. The van der Waals surface area contributed by atoms with E-state index in [0.717, 1.165) is 6.54 Å². The first-order valence-electron chi connectivity index (χ1n) is 6.84. The average molecular weight is 252 g/mol. The molecule has 3 rings (SSSR count). The maximum absolute atomic E-state index is 12.1. The van der Waals surface area contributed by atoms with E-state index in [1.165, 1.54) is 12.8 Å². The summed E-state index contributed by atoms with van der Waals surface area (Å²) in [6.07, 6.45) is 2.84. The molecule has 0 aromatic rings. The van der Waals surface area contributed by atoms with Crippen molar-refractivity contribution in [1.82, 2.24) is 9.80 Å². The van der Waals surface area contributed by atoms with Crippen molar-refractivity contribution in [3.63, 3.8) is 0 Å². The highest BCUT2D eigenvalue weighted by atomic mass is 16.3. The fourth-order valence-electron chi connectivity index (χ4n) is 2.85. The van der Waals surface area contributed by atoms with Gasteiger partial charge in [0.05, 0.1) is 5.92 Å². The first-order valence-corrected chi connectivity index (χ1v) is 6.84. The minimum absolute atomic E-state index is 0.103. The van der Waals surface area contributed by atoms with Gasteiger partial charge in [0.1, 0.15) is 0 Å². The quantitative estimate of drug-likeness (QED) is 0.747. The van der Waals surface area contributed by atoms with E-state index < -0.39 is 0 Å². The third-order valence-corrected chi connectivity index (χ3v) is 4.27. The molecule has 3 fully saturated rings. The fourth-order valence-corrected chi connectivity index (χ4v) is 2.85. The number of nitrogens with zero attached hydrogens (tertiary/aromatic N) is 2. The molecular formula is C13H20N2O3. The van der Waals surface area contributed by atoms with Crippen LogP contribution in [0.3, 0.4) is 0 Å². The predicted molar refractivity (Wildman–Crippen MR) is 64.6 cm³/mol. The van der Waals surface area contributed by atoms with Crippen LogP contribution in [0.2, 0.25) is 0 Å². The van der Waals surface area contributed by atoms with Crippen LogP contribution in [0, 0.1) is 17.8 Å². The Bertz CT molecular complexity index is 361. The number of hydrogen-bond donors (Lipinski definition) is 1. The summed E-state index contributed by atoms with van der Waals surface area (Å²) in [5.74, 6) is 1.03. The molecule has 5 nitrogen and oxygen atoms in total. The van der Waals surface area contributed by atoms with Crippen molar-refractivity contribution in [2.24, 2.45) is 17.8 Å². The second-order valence-electron chi connectivity index (χ2n) is 5.93. The molecule has 100 valence electrons. The first kappa shape index (κ1) is 12.0. The Morgan fingerprint density at radius 3 is 2.56 bits per heavy atom. The number of hydrogen-bond acceptors (Lipinski definition) is 3. The lowest BCUT2D eigenvalue weighted by molar-refractivity contribution is -0.142. The monoisotopic (exact) mass is 252 g/mol. The van der Waals surface area contributed by atoms with Crippen LogP contribution in [0.25, 0.3) is 0 Å². The normalized spacial score (nSPS) is 28.7. The van der Waals surface area contributed by atoms with E-state index in [2.05, 4.69) is 0 Å². The molecule has 0 bridgehead atoms. The first-order chi connectivity index (χ1) is 8.67. The lowest BCUT2D eigenvalue weighted by atomic mass is 9.97. The highest BCUT2D eigenvalue weighted by Gasteiger charge is 2.41. The number of likely N-dealkylation sites (tertiary alicyclic amines) is 2. The van der Waals surface area contributed by atoms with Gasteiger partial charge in [-0.15, -0.1) is 0 Å². The summed E-state index contributed by atoms with van der Waals surface area (Å²) in [6, 6.07) is 0. The maximum atomic E-state index is 12.1. The summed E-state index contributed by atoms with van der Waals surface area (Å²) in [4.78, 5) is 27.6. The number of rotatable bonds is 4. The highest BCUT2D eigenvalue weighted by Crippen LogP contribution is 2.32. The van der Waals surface area contributed by atoms with E-state index in [0.29, 0.717) is 32.0 Å². The number of aliphatic hydroxyl groups excluding tert-OH is 1. The highest BCUT2D eigenvalue weighted by molar-refractivity contribution is 5.89. The van der Waals surface area contributed by atoms with Gasteiger partial charge in [-0.05, 0) is 18.8 Å². The minimum atomic E-state index is -0.143. The Labute approximate surface area is 107 Å². The van der Waals surface area contributed by atoms with E-state index in [-0.39, 0.29) is 30.3 Å². The van der Waals surface area contributed by atoms with E-state index in [4.69, 9.17) is 5.11 Å². The van der Waals surface area contributed by atoms with Crippen molar-refractivity contribution < 1.29 is 14.7 Å². The Morgan fingerprint density at radius 2 is 1.94 bits per heavy atom. The minimum Gasteiger partial charge on any atom is -0.396 e. The number of amides is 2. The number of carbonyl (C=O) groups is 2. The van der Waals surface area contributed by atoms with Crippen molar-refractivity contribution in [2.75, 3.05) is 32.8 Å². The van der Waals surface area contributed by atoms with Crippen LogP contribution in [0.15, 0.2) is 0 Å². The lowest BCUT2D eigenvalue weighted by Gasteiger charge is -2.39. The number of aliphatic hydroxyl groups is 1. The average Bonchev–Trinajstić information content (AvgIpc) is 3.02. The largest absolute Gasteiger partial charge is 0.396 e. The van der Waals surface area contributed by atoms with Gasteiger partial charge in [0.2, 0.25) is 11.8 Å². The predicted octanol–water partition coefficient (Wildman–Crippen LogP) is -0.304. The van der Waals surface area contributed by atoms with Crippen molar-refractivity contribution >= 4 is 11.8 Å². The summed E-state index contributed by atoms with van der Waals surface area (Å²) < 4.78 is 0. The van der Waals surface area contributed by atoms with Gasteiger partial charge in [0.25, 0.3) is 0 Å². The van der Waals surface area contributed by atoms with E-state index in [1.807, 2.05) is 4.90 Å². The molecule has 18 heavy (non-hydrogen) atoms. The van der Waals surface area contributed by atoms with E-state index in [9.17, 15) is 9.59 Å². The van der Waals surface area contributed by atoms with Gasteiger partial charge in [0, 0.05) is 45.1 Å². The van der Waals surface area contributed by atoms with Gasteiger partial charge in [0.15, 0.2) is 0 Å². The Kier molecular flexibility index (Phi) is 3.01. The van der Waals surface area contributed by atoms with Gasteiger partial charge < -0.3 is 14.9 Å². The molecule has 3 aliphatic rings. The molecular weight excluding hydrogens is 232 g/mol. The molecule has 5 heteroatoms. The summed E-state index contributed by atoms with van der Waals surface area (Å²) in [7, 11) is 0. The summed E-state index contributed by atoms with van der Waals surface area (Å²) >= 11 is 0. The smallest absolute Gasteiger partial charge is 0.228 e. The molecule has 2 amide bonds. The molecule has 0 aromatic heterocycles. The van der Waals surface area contributed by atoms with Crippen LogP contribution < -0.4 is 0 Å². The zero-order chi connectivity index (χ0) is 12.7. The lowest BCUT2D eigenvalue weighted by Crippen LogP contribution is -2.53. The number of carbonyl (C=O) groups excluding carboxylic acids is 2. The van der Waals surface area contributed by atoms with Crippen molar-refractivity contribution in [3.05, 3.63) is 0 Å². The molecule has 0 aromatic carbocycles. The molecule has 0 radical (unpaired) electrons. The molecule has 2 saturated heterocycles. The topological polar surface area (TPSA) is 60.9 Å². The molecule has 1 aliphatic carbocycles. The van der Waals surface area contributed by atoms with Gasteiger partial charge in [-0.3, -0.25) is 9.59 Å². The molecule has 1 N–H and O–H groups in total. The van der Waals surface area contributed by atoms with Crippen LogP contribution in [0.4, 0.5) is 0 Å². The second kappa shape index (κ2) is 4.53. The fraction of sp³-hybridized carbons (Fsp3) is 0.846. The third kappa shape index (κ3) is 2.23. The molecule has 2 aliphatic heterocycles. The van der Waals surface area contributed by atoms with Crippen LogP contribution in [-0.2, 0) is 9.59 Å². The Hall–Kier alpha value is -1.10. The summed E-state index contributed by atoms with van der Waals surface area (Å²) in [5.41, 5.74) is 0. The molecule has 1 unspecified atom stereocenters. The van der Waals surface area contributed by atoms with Gasteiger partial charge in [-0.25, -0.2) is 0 Å². The molecule has 2 heterocycles. The maximum Gasteiger partial charge on any atom is 0.228 e. The standard InChI is InChI=1S/C13H20N2O3/c16-8-10-5-15(6-10)13(18)11-3-12(17)14(7-11)4-9-1-2-9/h9-11,16H,1-8H2. The second-order valence-corrected chi connectivity index (χ2v) is 5.93. The Balaban J connectivity index is 1.51. The summed E-state index contributed by atoms with van der Waals surface area (Å²) in [5, 5.41) is 8.94. The van der Waals surface area contributed by atoms with Crippen molar-refractivity contribution in [3.8, 4) is 0 Å². The van der Waals surface area contributed by atoms with Crippen molar-refractivity contribution in [1.29, 1.82) is 0 Å². The van der Waals surface area contributed by atoms with Crippen LogP contribution in [0.1, 0.15) is 19.3 Å². The summed E-state index contributed by atoms with van der Waals surface area (Å²) in [6.45, 7) is 2.92. The van der Waals surface area contributed by atoms with Crippen LogP contribution in [-0.4, -0.2) is 59.5 Å². The van der Waals surface area contributed by atoms with Crippen LogP contribution in [0.5, 0.6) is 0 Å². The van der Waals surface area contributed by atoms with Gasteiger partial charge in [-0.2, -0.15) is 0 Å². The molecule has 0 spiro atoms. The van der Waals surface area contributed by atoms with E-state index in [1.54, 1.807) is 4.90 Å². The van der Waals surface area contributed by atoms with Crippen molar-refractivity contribution in [2.45, 2.75) is 19.3 Å². The SMILES string of the molecule is O=C1CC(C(=O)N2CC(CO)C2)CN1CC1CC1. The Morgan fingerprint density at radius 1 is 1.22 bits per heavy atom.